The van der Waals surface area contributed by atoms with E-state index in [-0.39, 0.29) is 0 Å². The maximum Gasteiger partial charge on any atom is 0.0388 e. The van der Waals surface area contributed by atoms with Crippen LogP contribution in [0.1, 0.15) is 44.2 Å². The van der Waals surface area contributed by atoms with Crippen molar-refractivity contribution in [3.8, 4) is 0 Å². The average molecular weight is 325 g/mol. The summed E-state index contributed by atoms with van der Waals surface area (Å²) in [5.74, 6) is 0.586. The van der Waals surface area contributed by atoms with E-state index < -0.39 is 0 Å². The highest BCUT2D eigenvalue weighted by Crippen LogP contribution is 2.35. The third-order valence-corrected chi connectivity index (χ3v) is 4.61. The fraction of sp³-hybridized carbons (Fsp3) is 0.625. The Morgan fingerprint density at radius 2 is 2.21 bits per heavy atom. The maximum atomic E-state index is 6.06. The van der Waals surface area contributed by atoms with E-state index in [1.165, 1.54) is 48.8 Å². The van der Waals surface area contributed by atoms with Crippen LogP contribution in [0.2, 0.25) is 0 Å². The molecule has 19 heavy (non-hydrogen) atoms. The molecule has 0 saturated carbocycles. The van der Waals surface area contributed by atoms with Crippen molar-refractivity contribution in [3.05, 3.63) is 34.3 Å². The van der Waals surface area contributed by atoms with E-state index in [1.807, 2.05) is 0 Å². The van der Waals surface area contributed by atoms with E-state index >= 15 is 0 Å². The monoisotopic (exact) mass is 324 g/mol. The van der Waals surface area contributed by atoms with Crippen LogP contribution in [-0.2, 0) is 0 Å². The molecule has 1 fully saturated rings. The van der Waals surface area contributed by atoms with E-state index in [0.29, 0.717) is 12.0 Å². The van der Waals surface area contributed by atoms with Gasteiger partial charge in [-0.15, -0.1) is 0 Å². The van der Waals surface area contributed by atoms with Gasteiger partial charge in [0.25, 0.3) is 0 Å². The molecule has 3 heteroatoms. The van der Waals surface area contributed by atoms with Crippen molar-refractivity contribution < 1.29 is 0 Å². The summed E-state index contributed by atoms with van der Waals surface area (Å²) in [5, 5.41) is 0. The molecule has 0 spiro atoms. The predicted octanol–water partition coefficient (Wildman–Crippen LogP) is 3.96. The summed E-state index contributed by atoms with van der Waals surface area (Å²) in [5.41, 5.74) is 7.48. The van der Waals surface area contributed by atoms with Crippen molar-refractivity contribution in [3.63, 3.8) is 0 Å². The van der Waals surface area contributed by atoms with Crippen LogP contribution in [0.3, 0.4) is 0 Å². The van der Waals surface area contributed by atoms with Crippen molar-refractivity contribution >= 4 is 15.9 Å². The number of rotatable bonds is 4. The summed E-state index contributed by atoms with van der Waals surface area (Å²) in [6, 6.07) is 9.25. The molecule has 0 radical (unpaired) electrons. The second-order valence-electron chi connectivity index (χ2n) is 5.53. The van der Waals surface area contributed by atoms with Crippen LogP contribution in [0.25, 0.3) is 0 Å². The Balaban J connectivity index is 2.31. The second kappa shape index (κ2) is 7.41. The molecule has 0 aromatic heterocycles. The Kier molecular flexibility index (Phi) is 5.86. The second-order valence-corrected chi connectivity index (χ2v) is 6.44. The molecule has 2 rings (SSSR count). The fourth-order valence-corrected chi connectivity index (χ4v) is 3.69. The van der Waals surface area contributed by atoms with Crippen molar-refractivity contribution in [2.24, 2.45) is 11.7 Å². The van der Waals surface area contributed by atoms with Gasteiger partial charge in [-0.3, -0.25) is 4.90 Å². The van der Waals surface area contributed by atoms with Gasteiger partial charge in [0.2, 0.25) is 0 Å². The van der Waals surface area contributed by atoms with Gasteiger partial charge in [0, 0.05) is 10.5 Å². The standard InChI is InChI=1S/C16H25BrN2/c1-2-9-19-10-4-3-6-14(12-18)16(19)13-7-5-8-15(17)11-13/h5,7-8,11,14,16H,2-4,6,9-10,12,18H2,1H3. The topological polar surface area (TPSA) is 29.3 Å². The van der Waals surface area contributed by atoms with Crippen LogP contribution in [0.15, 0.2) is 28.7 Å². The molecule has 0 bridgehead atoms. The Morgan fingerprint density at radius 3 is 2.89 bits per heavy atom. The first-order chi connectivity index (χ1) is 9.26. The lowest BCUT2D eigenvalue weighted by Gasteiger charge is -2.35. The van der Waals surface area contributed by atoms with Gasteiger partial charge in [0.05, 0.1) is 0 Å². The van der Waals surface area contributed by atoms with Crippen LogP contribution in [-0.4, -0.2) is 24.5 Å². The molecule has 0 amide bonds. The summed E-state index contributed by atoms with van der Waals surface area (Å²) in [6.07, 6.45) is 5.09. The highest BCUT2D eigenvalue weighted by atomic mass is 79.9. The van der Waals surface area contributed by atoms with Crippen LogP contribution in [0.5, 0.6) is 0 Å². The quantitative estimate of drug-likeness (QED) is 0.908. The third kappa shape index (κ3) is 3.80. The zero-order valence-electron chi connectivity index (χ0n) is 11.8. The minimum Gasteiger partial charge on any atom is -0.330 e. The maximum absolute atomic E-state index is 6.06. The molecule has 1 aliphatic heterocycles. The van der Waals surface area contributed by atoms with Crippen LogP contribution in [0.4, 0.5) is 0 Å². The van der Waals surface area contributed by atoms with Gasteiger partial charge in [0.15, 0.2) is 0 Å². The minimum absolute atomic E-state index is 0.491. The van der Waals surface area contributed by atoms with Gasteiger partial charge in [-0.25, -0.2) is 0 Å². The molecule has 1 aromatic carbocycles. The summed E-state index contributed by atoms with van der Waals surface area (Å²) >= 11 is 3.60. The van der Waals surface area contributed by atoms with E-state index in [4.69, 9.17) is 5.73 Å². The molecule has 2 unspecified atom stereocenters. The van der Waals surface area contributed by atoms with Crippen LogP contribution >= 0.6 is 15.9 Å². The third-order valence-electron chi connectivity index (χ3n) is 4.11. The lowest BCUT2D eigenvalue weighted by Crippen LogP contribution is -2.36. The van der Waals surface area contributed by atoms with Gasteiger partial charge in [-0.05, 0) is 62.5 Å². The first-order valence-corrected chi connectivity index (χ1v) is 8.25. The summed E-state index contributed by atoms with van der Waals surface area (Å²) < 4.78 is 1.17. The number of nitrogens with zero attached hydrogens (tertiary/aromatic N) is 1. The van der Waals surface area contributed by atoms with Gasteiger partial charge in [-0.1, -0.05) is 41.4 Å². The summed E-state index contributed by atoms with van der Waals surface area (Å²) in [4.78, 5) is 2.65. The molecule has 2 atom stereocenters. The summed E-state index contributed by atoms with van der Waals surface area (Å²) in [7, 11) is 0. The molecular weight excluding hydrogens is 300 g/mol. The number of likely N-dealkylation sites (tertiary alicyclic amines) is 1. The van der Waals surface area contributed by atoms with E-state index in [2.05, 4.69) is 52.0 Å². The van der Waals surface area contributed by atoms with Crippen molar-refractivity contribution in [1.82, 2.24) is 4.90 Å². The lowest BCUT2D eigenvalue weighted by molar-refractivity contribution is 0.158. The SMILES string of the molecule is CCCN1CCCCC(CN)C1c1cccc(Br)c1. The average Bonchev–Trinajstić information content (AvgIpc) is 2.61. The highest BCUT2D eigenvalue weighted by molar-refractivity contribution is 9.10. The zero-order valence-corrected chi connectivity index (χ0v) is 13.4. The number of hydrogen-bond donors (Lipinski definition) is 1. The Morgan fingerprint density at radius 1 is 1.37 bits per heavy atom. The Bertz CT molecular complexity index is 394. The lowest BCUT2D eigenvalue weighted by atomic mass is 9.89. The van der Waals surface area contributed by atoms with Crippen molar-refractivity contribution in [1.29, 1.82) is 0 Å². The number of halogens is 1. The molecule has 0 aliphatic carbocycles. The predicted molar refractivity (Wildman–Crippen MR) is 85.1 cm³/mol. The van der Waals surface area contributed by atoms with Gasteiger partial charge < -0.3 is 5.73 Å². The van der Waals surface area contributed by atoms with Crippen molar-refractivity contribution in [2.75, 3.05) is 19.6 Å². The van der Waals surface area contributed by atoms with Gasteiger partial charge >= 0.3 is 0 Å². The number of hydrogen-bond acceptors (Lipinski definition) is 2. The van der Waals surface area contributed by atoms with Gasteiger partial charge in [-0.2, -0.15) is 0 Å². The Hall–Kier alpha value is -0.380. The molecular formula is C16H25BrN2. The molecule has 106 valence electrons. The molecule has 1 aromatic rings. The normalized spacial score (nSPS) is 25.2. The summed E-state index contributed by atoms with van der Waals surface area (Å²) in [6.45, 7) is 5.44. The first-order valence-electron chi connectivity index (χ1n) is 7.45. The van der Waals surface area contributed by atoms with E-state index in [9.17, 15) is 0 Å². The molecule has 2 N–H and O–H groups in total. The Labute approximate surface area is 125 Å². The minimum atomic E-state index is 0.491. The zero-order chi connectivity index (χ0) is 13.7. The smallest absolute Gasteiger partial charge is 0.0388 e. The molecule has 1 aliphatic rings. The first kappa shape index (κ1) is 15.0. The van der Waals surface area contributed by atoms with E-state index in [1.54, 1.807) is 0 Å². The highest BCUT2D eigenvalue weighted by Gasteiger charge is 2.29. The van der Waals surface area contributed by atoms with E-state index in [0.717, 1.165) is 6.54 Å². The fourth-order valence-electron chi connectivity index (χ4n) is 3.27. The van der Waals surface area contributed by atoms with Crippen LogP contribution in [0, 0.1) is 5.92 Å². The number of nitrogens with two attached hydrogens (primary N) is 1. The molecule has 1 heterocycles. The van der Waals surface area contributed by atoms with Crippen LogP contribution < -0.4 is 5.73 Å². The number of benzene rings is 1. The largest absolute Gasteiger partial charge is 0.330 e. The molecule has 2 nitrogen and oxygen atoms in total. The van der Waals surface area contributed by atoms with Crippen molar-refractivity contribution in [2.45, 2.75) is 38.6 Å². The van der Waals surface area contributed by atoms with Gasteiger partial charge in [0.1, 0.15) is 0 Å². The molecule has 1 saturated heterocycles.